The molecule has 1 aliphatic heterocycles. The van der Waals surface area contributed by atoms with Crippen LogP contribution in [0.25, 0.3) is 0 Å². The number of likely N-dealkylation sites (tertiary alicyclic amines) is 1. The SMILES string of the molecule is CSCCCNC(C)CC1CCCN1C(=O)OC(C)(C)C. The lowest BCUT2D eigenvalue weighted by Crippen LogP contribution is -2.42. The molecule has 1 aliphatic rings. The third-order valence-corrected chi connectivity index (χ3v) is 4.35. The van der Waals surface area contributed by atoms with Crippen LogP contribution < -0.4 is 5.32 Å². The topological polar surface area (TPSA) is 41.6 Å². The average molecular weight is 317 g/mol. The van der Waals surface area contributed by atoms with E-state index in [0.29, 0.717) is 12.1 Å². The number of carbonyl (C=O) groups excluding carboxylic acids is 1. The van der Waals surface area contributed by atoms with Crippen LogP contribution in [0.4, 0.5) is 4.79 Å². The predicted molar refractivity (Wildman–Crippen MR) is 91.0 cm³/mol. The van der Waals surface area contributed by atoms with Gasteiger partial charge in [0, 0.05) is 18.6 Å². The maximum Gasteiger partial charge on any atom is 0.410 e. The summed E-state index contributed by atoms with van der Waals surface area (Å²) in [6.45, 7) is 9.87. The van der Waals surface area contributed by atoms with E-state index >= 15 is 0 Å². The fourth-order valence-electron chi connectivity index (χ4n) is 2.70. The Morgan fingerprint density at radius 2 is 2.19 bits per heavy atom. The number of carbonyl (C=O) groups is 1. The zero-order valence-corrected chi connectivity index (χ0v) is 15.1. The summed E-state index contributed by atoms with van der Waals surface area (Å²) in [5.74, 6) is 1.20. The fraction of sp³-hybridized carbons (Fsp3) is 0.938. The highest BCUT2D eigenvalue weighted by Crippen LogP contribution is 2.24. The largest absolute Gasteiger partial charge is 0.444 e. The molecule has 0 bridgehead atoms. The molecule has 0 saturated carbocycles. The van der Waals surface area contributed by atoms with Gasteiger partial charge >= 0.3 is 6.09 Å². The van der Waals surface area contributed by atoms with Crippen molar-refractivity contribution < 1.29 is 9.53 Å². The summed E-state index contributed by atoms with van der Waals surface area (Å²) in [7, 11) is 0. The summed E-state index contributed by atoms with van der Waals surface area (Å²) in [5.41, 5.74) is -0.411. The monoisotopic (exact) mass is 316 g/mol. The standard InChI is InChI=1S/C16H32N2O2S/c1-13(17-9-7-11-21-5)12-14-8-6-10-18(14)15(19)20-16(2,3)4/h13-14,17H,6-12H2,1-5H3. The third kappa shape index (κ3) is 7.41. The van der Waals surface area contributed by atoms with E-state index in [9.17, 15) is 4.79 Å². The second-order valence-electron chi connectivity index (χ2n) is 6.91. The highest BCUT2D eigenvalue weighted by molar-refractivity contribution is 7.98. The van der Waals surface area contributed by atoms with E-state index in [-0.39, 0.29) is 6.09 Å². The Kier molecular flexibility index (Phi) is 7.88. The van der Waals surface area contributed by atoms with Crippen molar-refractivity contribution in [2.45, 2.75) is 71.1 Å². The highest BCUT2D eigenvalue weighted by atomic mass is 32.2. The van der Waals surface area contributed by atoms with Crippen molar-refractivity contribution in [3.63, 3.8) is 0 Å². The van der Waals surface area contributed by atoms with E-state index in [1.165, 1.54) is 12.2 Å². The summed E-state index contributed by atoms with van der Waals surface area (Å²) in [5, 5.41) is 3.56. The van der Waals surface area contributed by atoms with E-state index in [4.69, 9.17) is 4.74 Å². The average Bonchev–Trinajstić information content (AvgIpc) is 2.81. The molecule has 2 unspecified atom stereocenters. The van der Waals surface area contributed by atoms with Crippen molar-refractivity contribution in [3.8, 4) is 0 Å². The molecule has 1 heterocycles. The van der Waals surface area contributed by atoms with Gasteiger partial charge in [-0.2, -0.15) is 11.8 Å². The van der Waals surface area contributed by atoms with Crippen LogP contribution >= 0.6 is 11.8 Å². The molecule has 1 fully saturated rings. The molecule has 0 radical (unpaired) electrons. The number of nitrogens with zero attached hydrogens (tertiary/aromatic N) is 1. The van der Waals surface area contributed by atoms with Crippen LogP contribution in [0, 0.1) is 0 Å². The molecule has 1 amide bonds. The van der Waals surface area contributed by atoms with Crippen molar-refractivity contribution >= 4 is 17.9 Å². The first-order valence-corrected chi connectivity index (χ1v) is 9.45. The smallest absolute Gasteiger partial charge is 0.410 e. The fourth-order valence-corrected chi connectivity index (χ4v) is 3.13. The van der Waals surface area contributed by atoms with E-state index in [1.54, 1.807) is 0 Å². The molecule has 1 saturated heterocycles. The first-order valence-electron chi connectivity index (χ1n) is 8.05. The van der Waals surface area contributed by atoms with Gasteiger partial charge in [-0.25, -0.2) is 4.79 Å². The van der Waals surface area contributed by atoms with Gasteiger partial charge in [-0.3, -0.25) is 0 Å². The van der Waals surface area contributed by atoms with Crippen LogP contribution in [0.5, 0.6) is 0 Å². The van der Waals surface area contributed by atoms with Gasteiger partial charge in [0.2, 0.25) is 0 Å². The lowest BCUT2D eigenvalue weighted by Gasteiger charge is -2.30. The van der Waals surface area contributed by atoms with Gasteiger partial charge in [0.1, 0.15) is 5.60 Å². The molecule has 5 heteroatoms. The Balaban J connectivity index is 2.37. The second-order valence-corrected chi connectivity index (χ2v) is 7.89. The van der Waals surface area contributed by atoms with E-state index in [2.05, 4.69) is 18.5 Å². The third-order valence-electron chi connectivity index (χ3n) is 3.65. The Hall–Kier alpha value is -0.420. The molecule has 0 aliphatic carbocycles. The molecule has 1 N–H and O–H groups in total. The molecule has 0 aromatic carbocycles. The van der Waals surface area contributed by atoms with Crippen LogP contribution in [0.2, 0.25) is 0 Å². The summed E-state index contributed by atoms with van der Waals surface area (Å²) in [4.78, 5) is 14.2. The van der Waals surface area contributed by atoms with Crippen molar-refractivity contribution in [2.75, 3.05) is 25.1 Å². The van der Waals surface area contributed by atoms with Gasteiger partial charge in [0.15, 0.2) is 0 Å². The van der Waals surface area contributed by atoms with Crippen LogP contribution in [0.1, 0.15) is 53.4 Å². The van der Waals surface area contributed by atoms with Gasteiger partial charge in [-0.05, 0) is 71.9 Å². The maximum atomic E-state index is 12.2. The second kappa shape index (κ2) is 8.89. The molecule has 21 heavy (non-hydrogen) atoms. The van der Waals surface area contributed by atoms with E-state index < -0.39 is 5.60 Å². The van der Waals surface area contributed by atoms with Gasteiger partial charge in [-0.15, -0.1) is 0 Å². The molecular formula is C16H32N2O2S. The lowest BCUT2D eigenvalue weighted by atomic mass is 10.1. The van der Waals surface area contributed by atoms with E-state index in [1.807, 2.05) is 37.4 Å². The molecule has 124 valence electrons. The maximum absolute atomic E-state index is 12.2. The minimum absolute atomic E-state index is 0.153. The minimum atomic E-state index is -0.411. The number of thioether (sulfide) groups is 1. The number of hydrogen-bond acceptors (Lipinski definition) is 4. The molecule has 1 rings (SSSR count). The number of amides is 1. The van der Waals surface area contributed by atoms with Crippen LogP contribution in [-0.4, -0.2) is 53.8 Å². The van der Waals surface area contributed by atoms with Crippen LogP contribution in [0.3, 0.4) is 0 Å². The molecule has 4 nitrogen and oxygen atoms in total. The molecule has 2 atom stereocenters. The van der Waals surface area contributed by atoms with Gasteiger partial charge < -0.3 is 15.0 Å². The lowest BCUT2D eigenvalue weighted by molar-refractivity contribution is 0.0215. The summed E-state index contributed by atoms with van der Waals surface area (Å²) in [6, 6.07) is 0.766. The first kappa shape index (κ1) is 18.6. The minimum Gasteiger partial charge on any atom is -0.444 e. The first-order chi connectivity index (χ1) is 9.83. The normalized spacial score (nSPS) is 20.6. The van der Waals surface area contributed by atoms with E-state index in [0.717, 1.165) is 32.4 Å². The molecule has 0 aromatic rings. The van der Waals surface area contributed by atoms with Crippen LogP contribution in [0.15, 0.2) is 0 Å². The predicted octanol–water partition coefficient (Wildman–Crippen LogP) is 3.51. The van der Waals surface area contributed by atoms with Crippen molar-refractivity contribution in [2.24, 2.45) is 0 Å². The summed E-state index contributed by atoms with van der Waals surface area (Å²) >= 11 is 1.89. The van der Waals surface area contributed by atoms with Crippen LogP contribution in [-0.2, 0) is 4.74 Å². The van der Waals surface area contributed by atoms with Crippen molar-refractivity contribution in [1.29, 1.82) is 0 Å². The Morgan fingerprint density at radius 1 is 1.48 bits per heavy atom. The number of rotatable bonds is 7. The Morgan fingerprint density at radius 3 is 2.81 bits per heavy atom. The molecule has 0 spiro atoms. The Labute approximate surface area is 134 Å². The van der Waals surface area contributed by atoms with Crippen molar-refractivity contribution in [3.05, 3.63) is 0 Å². The van der Waals surface area contributed by atoms with Gasteiger partial charge in [-0.1, -0.05) is 0 Å². The Bertz CT molecular complexity index is 318. The molecular weight excluding hydrogens is 284 g/mol. The van der Waals surface area contributed by atoms with Gasteiger partial charge in [0.25, 0.3) is 0 Å². The van der Waals surface area contributed by atoms with Gasteiger partial charge in [0.05, 0.1) is 0 Å². The summed E-state index contributed by atoms with van der Waals surface area (Å²) in [6.07, 6.45) is 6.38. The number of ether oxygens (including phenoxy) is 1. The number of hydrogen-bond donors (Lipinski definition) is 1. The highest BCUT2D eigenvalue weighted by Gasteiger charge is 2.32. The zero-order chi connectivity index (χ0) is 15.9. The summed E-state index contributed by atoms with van der Waals surface area (Å²) < 4.78 is 5.51. The number of nitrogens with one attached hydrogen (secondary N) is 1. The zero-order valence-electron chi connectivity index (χ0n) is 14.3. The van der Waals surface area contributed by atoms with Crippen molar-refractivity contribution in [1.82, 2.24) is 10.2 Å². The molecule has 0 aromatic heterocycles. The quantitative estimate of drug-likeness (QED) is 0.730.